The zero-order chi connectivity index (χ0) is 17.0. The van der Waals surface area contributed by atoms with Gasteiger partial charge in [0.15, 0.2) is 0 Å². The minimum Gasteiger partial charge on any atom is -0.374 e. The van der Waals surface area contributed by atoms with E-state index in [9.17, 15) is 9.00 Å². The Morgan fingerprint density at radius 1 is 1.30 bits per heavy atom. The predicted octanol–water partition coefficient (Wildman–Crippen LogP) is 2.55. The van der Waals surface area contributed by atoms with Gasteiger partial charge in [-0.25, -0.2) is 4.79 Å². The maximum Gasteiger partial charge on any atom is 0.318 e. The predicted molar refractivity (Wildman–Crippen MR) is 91.9 cm³/mol. The van der Waals surface area contributed by atoms with E-state index in [-0.39, 0.29) is 18.2 Å². The van der Waals surface area contributed by atoms with Crippen LogP contribution in [0.1, 0.15) is 32.4 Å². The number of carbonyl (C=O) groups is 1. The van der Waals surface area contributed by atoms with E-state index in [1.54, 1.807) is 6.26 Å². The normalized spacial score (nSPS) is 21.1. The highest BCUT2D eigenvalue weighted by molar-refractivity contribution is 7.84. The molecule has 1 N–H and O–H groups in total. The second-order valence-electron chi connectivity index (χ2n) is 6.29. The molecule has 23 heavy (non-hydrogen) atoms. The molecule has 6 heteroatoms. The van der Waals surface area contributed by atoms with Crippen molar-refractivity contribution in [1.29, 1.82) is 0 Å². The largest absolute Gasteiger partial charge is 0.374 e. The van der Waals surface area contributed by atoms with Gasteiger partial charge in [0.1, 0.15) is 0 Å². The highest BCUT2D eigenvalue weighted by Gasteiger charge is 2.26. The number of carbonyl (C=O) groups excluding carboxylic acids is 1. The fraction of sp³-hybridized carbons (Fsp3) is 0.588. The van der Waals surface area contributed by atoms with E-state index in [0.29, 0.717) is 25.6 Å². The Kier molecular flexibility index (Phi) is 6.18. The van der Waals surface area contributed by atoms with Crippen molar-refractivity contribution in [3.63, 3.8) is 0 Å². The van der Waals surface area contributed by atoms with Gasteiger partial charge in [0.2, 0.25) is 0 Å². The molecule has 0 aliphatic carbocycles. The molecule has 0 radical (unpaired) electrons. The number of ether oxygens (including phenoxy) is 1. The van der Waals surface area contributed by atoms with Crippen LogP contribution in [-0.2, 0) is 15.5 Å². The summed E-state index contributed by atoms with van der Waals surface area (Å²) in [6, 6.07) is 7.36. The highest BCUT2D eigenvalue weighted by Crippen LogP contribution is 2.17. The number of hydrogen-bond acceptors (Lipinski definition) is 3. The monoisotopic (exact) mass is 338 g/mol. The first-order valence-electron chi connectivity index (χ1n) is 7.99. The molecule has 1 aliphatic heterocycles. The Bertz CT molecular complexity index is 559. The molecule has 1 aromatic rings. The van der Waals surface area contributed by atoms with Crippen molar-refractivity contribution in [3.05, 3.63) is 29.8 Å². The minimum absolute atomic E-state index is 0.0606. The fourth-order valence-electron chi connectivity index (χ4n) is 2.57. The summed E-state index contributed by atoms with van der Waals surface area (Å²) in [6.45, 7) is 8.00. The third-order valence-electron chi connectivity index (χ3n) is 4.18. The quantitative estimate of drug-likeness (QED) is 0.918. The first-order chi connectivity index (χ1) is 10.9. The summed E-state index contributed by atoms with van der Waals surface area (Å²) in [6.07, 6.45) is 1.76. The number of morpholine rings is 1. The molecule has 2 amide bonds. The number of nitrogens with one attached hydrogen (secondary N) is 1. The third kappa shape index (κ3) is 4.78. The SMILES string of the molecule is CC(NC(=O)N1CCOC(C(C)C)C1)c1ccc(S(C)=O)cc1. The minimum atomic E-state index is -0.983. The second kappa shape index (κ2) is 7.93. The smallest absolute Gasteiger partial charge is 0.318 e. The van der Waals surface area contributed by atoms with Gasteiger partial charge in [-0.3, -0.25) is 4.21 Å². The first kappa shape index (κ1) is 17.9. The van der Waals surface area contributed by atoms with Gasteiger partial charge in [0.05, 0.1) is 18.8 Å². The summed E-state index contributed by atoms with van der Waals surface area (Å²) in [5.41, 5.74) is 1.00. The van der Waals surface area contributed by atoms with Gasteiger partial charge in [-0.1, -0.05) is 26.0 Å². The van der Waals surface area contributed by atoms with E-state index in [1.165, 1.54) is 0 Å². The molecule has 1 saturated heterocycles. The Morgan fingerprint density at radius 3 is 2.52 bits per heavy atom. The molecule has 1 aliphatic rings. The fourth-order valence-corrected chi connectivity index (χ4v) is 3.09. The van der Waals surface area contributed by atoms with Crippen molar-refractivity contribution in [1.82, 2.24) is 10.2 Å². The molecule has 0 aromatic heterocycles. The number of benzene rings is 1. The Hall–Kier alpha value is -1.40. The van der Waals surface area contributed by atoms with E-state index in [2.05, 4.69) is 19.2 Å². The van der Waals surface area contributed by atoms with Gasteiger partial charge in [-0.05, 0) is 30.5 Å². The summed E-state index contributed by atoms with van der Waals surface area (Å²) in [5, 5.41) is 3.03. The van der Waals surface area contributed by atoms with Crippen LogP contribution in [0.2, 0.25) is 0 Å². The Balaban J connectivity index is 1.95. The molecule has 2 rings (SSSR count). The van der Waals surface area contributed by atoms with Crippen LogP contribution in [0, 0.1) is 5.92 Å². The Labute approximate surface area is 140 Å². The number of amides is 2. The van der Waals surface area contributed by atoms with Crippen LogP contribution in [0.4, 0.5) is 4.79 Å². The summed E-state index contributed by atoms with van der Waals surface area (Å²) in [4.78, 5) is 15.0. The second-order valence-corrected chi connectivity index (χ2v) is 7.67. The van der Waals surface area contributed by atoms with E-state index >= 15 is 0 Å². The molecule has 128 valence electrons. The standard InChI is InChI=1S/C17H26N2O3S/c1-12(2)16-11-19(9-10-22-16)17(20)18-13(3)14-5-7-15(8-6-14)23(4)21/h5-8,12-13,16H,9-11H2,1-4H3,(H,18,20). The summed E-state index contributed by atoms with van der Waals surface area (Å²) in [7, 11) is -0.983. The van der Waals surface area contributed by atoms with Gasteiger partial charge in [-0.15, -0.1) is 0 Å². The lowest BCUT2D eigenvalue weighted by Gasteiger charge is -2.35. The maximum atomic E-state index is 12.4. The number of urea groups is 1. The number of hydrogen-bond donors (Lipinski definition) is 1. The van der Waals surface area contributed by atoms with Gasteiger partial charge in [-0.2, -0.15) is 0 Å². The van der Waals surface area contributed by atoms with Crippen molar-refractivity contribution < 1.29 is 13.7 Å². The molecular formula is C17H26N2O3S. The molecule has 1 fully saturated rings. The van der Waals surface area contributed by atoms with Crippen LogP contribution in [0.15, 0.2) is 29.2 Å². The van der Waals surface area contributed by atoms with Crippen LogP contribution in [0.25, 0.3) is 0 Å². The molecule has 0 saturated carbocycles. The summed E-state index contributed by atoms with van der Waals surface area (Å²) in [5.74, 6) is 0.394. The molecule has 1 heterocycles. The lowest BCUT2D eigenvalue weighted by Crippen LogP contribution is -2.51. The van der Waals surface area contributed by atoms with Crippen LogP contribution in [0.3, 0.4) is 0 Å². The molecule has 5 nitrogen and oxygen atoms in total. The van der Waals surface area contributed by atoms with Gasteiger partial charge >= 0.3 is 6.03 Å². The van der Waals surface area contributed by atoms with E-state index in [1.807, 2.05) is 36.1 Å². The highest BCUT2D eigenvalue weighted by atomic mass is 32.2. The summed E-state index contributed by atoms with van der Waals surface area (Å²) < 4.78 is 17.1. The zero-order valence-electron chi connectivity index (χ0n) is 14.2. The molecule has 0 spiro atoms. The molecule has 3 unspecified atom stereocenters. The molecule has 0 bridgehead atoms. The lowest BCUT2D eigenvalue weighted by atomic mass is 10.1. The van der Waals surface area contributed by atoms with Gasteiger partial charge in [0, 0.05) is 35.0 Å². The molecular weight excluding hydrogens is 312 g/mol. The van der Waals surface area contributed by atoms with Crippen LogP contribution in [-0.4, -0.2) is 47.2 Å². The first-order valence-corrected chi connectivity index (χ1v) is 9.54. The average Bonchev–Trinajstić information content (AvgIpc) is 2.54. The Morgan fingerprint density at radius 2 is 1.96 bits per heavy atom. The maximum absolute atomic E-state index is 12.4. The third-order valence-corrected chi connectivity index (χ3v) is 5.11. The van der Waals surface area contributed by atoms with Crippen molar-refractivity contribution in [3.8, 4) is 0 Å². The van der Waals surface area contributed by atoms with Crippen molar-refractivity contribution in [2.75, 3.05) is 26.0 Å². The number of rotatable bonds is 4. The topological polar surface area (TPSA) is 58.6 Å². The lowest BCUT2D eigenvalue weighted by molar-refractivity contribution is -0.0373. The number of nitrogens with zero attached hydrogens (tertiary/aromatic N) is 1. The van der Waals surface area contributed by atoms with E-state index < -0.39 is 10.8 Å². The molecule has 3 atom stereocenters. The zero-order valence-corrected chi connectivity index (χ0v) is 15.1. The summed E-state index contributed by atoms with van der Waals surface area (Å²) >= 11 is 0. The van der Waals surface area contributed by atoms with Crippen molar-refractivity contribution >= 4 is 16.8 Å². The molecule has 1 aromatic carbocycles. The van der Waals surface area contributed by atoms with Gasteiger partial charge in [0.25, 0.3) is 0 Å². The van der Waals surface area contributed by atoms with Crippen LogP contribution >= 0.6 is 0 Å². The van der Waals surface area contributed by atoms with Crippen LogP contribution in [0.5, 0.6) is 0 Å². The van der Waals surface area contributed by atoms with Crippen molar-refractivity contribution in [2.24, 2.45) is 5.92 Å². The van der Waals surface area contributed by atoms with Crippen molar-refractivity contribution in [2.45, 2.75) is 37.8 Å². The van der Waals surface area contributed by atoms with E-state index in [4.69, 9.17) is 4.74 Å². The average molecular weight is 338 g/mol. The van der Waals surface area contributed by atoms with Gasteiger partial charge < -0.3 is 15.0 Å². The van der Waals surface area contributed by atoms with E-state index in [0.717, 1.165) is 10.5 Å². The van der Waals surface area contributed by atoms with Crippen LogP contribution < -0.4 is 5.32 Å².